The maximum absolute atomic E-state index is 12.6. The molecule has 0 atom stereocenters. The lowest BCUT2D eigenvalue weighted by Crippen LogP contribution is -2.21. The average Bonchev–Trinajstić information content (AvgIpc) is 2.44. The second kappa shape index (κ2) is 5.39. The molecule has 0 amide bonds. The van der Waals surface area contributed by atoms with Crippen LogP contribution in [0.4, 0.5) is 0 Å². The number of carbonyl (C=O) groups excluding carboxylic acids is 2. The summed E-state index contributed by atoms with van der Waals surface area (Å²) in [5.74, 6) is 0.370. The van der Waals surface area contributed by atoms with Gasteiger partial charge >= 0.3 is 0 Å². The molecule has 0 radical (unpaired) electrons. The minimum Gasteiger partial charge on any atom is -0.496 e. The molecule has 0 aliphatic heterocycles. The molecule has 0 saturated heterocycles. The van der Waals surface area contributed by atoms with E-state index in [1.54, 1.807) is 25.1 Å². The van der Waals surface area contributed by atoms with Gasteiger partial charge in [0.15, 0.2) is 11.6 Å². The number of allylic oxidation sites excluding steroid dienone is 2. The Morgan fingerprint density at radius 2 is 1.89 bits per heavy atom. The lowest BCUT2D eigenvalue weighted by molar-refractivity contribution is 0.0969. The number of ketones is 2. The fourth-order valence-electron chi connectivity index (χ4n) is 2.44. The number of benzene rings is 1. The summed E-state index contributed by atoms with van der Waals surface area (Å²) in [6, 6.07) is 5.16. The number of Topliss-reactive ketones (excluding diaryl/α,β-unsaturated/α-hetero) is 2. The Hall–Kier alpha value is -1.90. The minimum absolute atomic E-state index is 0.0559. The first-order valence-electron chi connectivity index (χ1n) is 6.58. The first kappa shape index (κ1) is 13.5. The van der Waals surface area contributed by atoms with E-state index in [-0.39, 0.29) is 11.6 Å². The Morgan fingerprint density at radius 1 is 1.16 bits per heavy atom. The van der Waals surface area contributed by atoms with Crippen molar-refractivity contribution in [2.24, 2.45) is 0 Å². The molecule has 3 nitrogen and oxygen atoms in total. The summed E-state index contributed by atoms with van der Waals surface area (Å²) in [4.78, 5) is 24.9. The fourth-order valence-corrected chi connectivity index (χ4v) is 2.44. The van der Waals surface area contributed by atoms with E-state index in [9.17, 15) is 9.59 Å². The van der Waals surface area contributed by atoms with Crippen molar-refractivity contribution in [2.45, 2.75) is 33.1 Å². The molecule has 2 rings (SSSR count). The molecule has 1 aromatic carbocycles. The van der Waals surface area contributed by atoms with E-state index >= 15 is 0 Å². The molecule has 0 spiro atoms. The summed E-state index contributed by atoms with van der Waals surface area (Å²) in [6.07, 6.45) is 2.57. The fraction of sp³-hybridized carbons (Fsp3) is 0.375. The predicted octanol–water partition coefficient (Wildman–Crippen LogP) is 3.58. The molecule has 0 aromatic heterocycles. The molecule has 0 saturated carbocycles. The zero-order valence-corrected chi connectivity index (χ0v) is 11.6. The van der Waals surface area contributed by atoms with Gasteiger partial charge in [-0.2, -0.15) is 0 Å². The van der Waals surface area contributed by atoms with Crippen LogP contribution in [0.3, 0.4) is 0 Å². The number of fused-ring (bicyclic) bond motifs is 1. The third kappa shape index (κ3) is 2.21. The van der Waals surface area contributed by atoms with E-state index in [1.807, 2.05) is 0 Å². The molecular weight excluding hydrogens is 240 g/mol. The molecule has 1 aliphatic rings. The van der Waals surface area contributed by atoms with Gasteiger partial charge in [0, 0.05) is 16.7 Å². The molecule has 3 heteroatoms. The van der Waals surface area contributed by atoms with Gasteiger partial charge in [-0.3, -0.25) is 9.59 Å². The molecule has 0 bridgehead atoms. The number of carbonyl (C=O) groups is 2. The lowest BCUT2D eigenvalue weighted by atomic mass is 9.82. The van der Waals surface area contributed by atoms with Crippen LogP contribution in [-0.2, 0) is 0 Å². The van der Waals surface area contributed by atoms with Gasteiger partial charge in [-0.05, 0) is 25.8 Å². The van der Waals surface area contributed by atoms with E-state index < -0.39 is 0 Å². The van der Waals surface area contributed by atoms with Crippen LogP contribution >= 0.6 is 0 Å². The molecule has 19 heavy (non-hydrogen) atoms. The smallest absolute Gasteiger partial charge is 0.193 e. The van der Waals surface area contributed by atoms with Gasteiger partial charge in [0.05, 0.1) is 12.7 Å². The lowest BCUT2D eigenvalue weighted by Gasteiger charge is -2.20. The van der Waals surface area contributed by atoms with Gasteiger partial charge in [-0.15, -0.1) is 0 Å². The van der Waals surface area contributed by atoms with Gasteiger partial charge in [0.2, 0.25) is 0 Å². The van der Waals surface area contributed by atoms with Gasteiger partial charge < -0.3 is 4.74 Å². The number of methoxy groups -OCH3 is 1. The minimum atomic E-state index is -0.0574. The highest BCUT2D eigenvalue weighted by molar-refractivity contribution is 6.27. The Kier molecular flexibility index (Phi) is 3.84. The van der Waals surface area contributed by atoms with Crippen LogP contribution in [0.25, 0.3) is 0 Å². The highest BCUT2D eigenvalue weighted by atomic mass is 16.5. The van der Waals surface area contributed by atoms with Crippen LogP contribution in [0.15, 0.2) is 29.3 Å². The molecule has 1 aromatic rings. The van der Waals surface area contributed by atoms with Gasteiger partial charge in [-0.1, -0.05) is 25.5 Å². The maximum atomic E-state index is 12.6. The Balaban J connectivity index is 2.55. The number of rotatable bonds is 4. The van der Waals surface area contributed by atoms with Crippen molar-refractivity contribution in [3.05, 3.63) is 40.5 Å². The van der Waals surface area contributed by atoms with Crippen molar-refractivity contribution < 1.29 is 14.3 Å². The zero-order chi connectivity index (χ0) is 14.0. The van der Waals surface area contributed by atoms with Crippen molar-refractivity contribution in [1.29, 1.82) is 0 Å². The van der Waals surface area contributed by atoms with Gasteiger partial charge in [-0.25, -0.2) is 0 Å². The topological polar surface area (TPSA) is 43.4 Å². The van der Waals surface area contributed by atoms with E-state index in [0.717, 1.165) is 12.8 Å². The summed E-state index contributed by atoms with van der Waals surface area (Å²) in [7, 11) is 1.52. The van der Waals surface area contributed by atoms with E-state index in [0.29, 0.717) is 34.4 Å². The highest BCUT2D eigenvalue weighted by Crippen LogP contribution is 2.34. The van der Waals surface area contributed by atoms with Crippen LogP contribution in [0.1, 0.15) is 53.8 Å². The normalized spacial score (nSPS) is 14.7. The molecule has 0 unspecified atom stereocenters. The van der Waals surface area contributed by atoms with Crippen LogP contribution in [0, 0.1) is 0 Å². The molecular formula is C16H18O3. The molecule has 1 aliphatic carbocycles. The largest absolute Gasteiger partial charge is 0.496 e. The van der Waals surface area contributed by atoms with Crippen LogP contribution in [0.5, 0.6) is 5.75 Å². The first-order chi connectivity index (χ1) is 9.11. The van der Waals surface area contributed by atoms with Crippen LogP contribution in [0.2, 0.25) is 0 Å². The number of ether oxygens (including phenoxy) is 1. The summed E-state index contributed by atoms with van der Waals surface area (Å²) in [5, 5.41) is 0. The van der Waals surface area contributed by atoms with Gasteiger partial charge in [0.1, 0.15) is 5.75 Å². The Morgan fingerprint density at radius 3 is 2.53 bits per heavy atom. The number of hydrogen-bond acceptors (Lipinski definition) is 3. The second-order valence-corrected chi connectivity index (χ2v) is 4.75. The summed E-state index contributed by atoms with van der Waals surface area (Å²) in [6.45, 7) is 3.81. The highest BCUT2D eigenvalue weighted by Gasteiger charge is 2.31. The average molecular weight is 258 g/mol. The number of unbranched alkanes of at least 4 members (excludes halogenated alkanes) is 1. The third-order valence-corrected chi connectivity index (χ3v) is 3.57. The zero-order valence-electron chi connectivity index (χ0n) is 11.6. The van der Waals surface area contributed by atoms with Crippen LogP contribution < -0.4 is 4.74 Å². The van der Waals surface area contributed by atoms with E-state index in [1.165, 1.54) is 7.11 Å². The standard InChI is InChI=1S/C16H18O3/c1-4-5-7-11-10(2)15(17)12-8-6-9-13(19-3)14(12)16(11)18/h6,8-9H,4-5,7H2,1-3H3. The maximum Gasteiger partial charge on any atom is 0.193 e. The molecule has 0 N–H and O–H groups in total. The molecule has 100 valence electrons. The Labute approximate surface area is 113 Å². The van der Waals surface area contributed by atoms with Crippen molar-refractivity contribution in [1.82, 2.24) is 0 Å². The SMILES string of the molecule is CCCCC1=C(C)C(=O)c2cccc(OC)c2C1=O. The summed E-state index contributed by atoms with van der Waals surface area (Å²) in [5.41, 5.74) is 2.11. The van der Waals surface area contributed by atoms with Crippen molar-refractivity contribution >= 4 is 11.6 Å². The summed E-state index contributed by atoms with van der Waals surface area (Å²) < 4.78 is 5.22. The van der Waals surface area contributed by atoms with Crippen LogP contribution in [-0.4, -0.2) is 18.7 Å². The van der Waals surface area contributed by atoms with Gasteiger partial charge in [0.25, 0.3) is 0 Å². The first-order valence-corrected chi connectivity index (χ1v) is 6.58. The number of hydrogen-bond donors (Lipinski definition) is 0. The summed E-state index contributed by atoms with van der Waals surface area (Å²) >= 11 is 0. The van der Waals surface area contributed by atoms with E-state index in [2.05, 4.69) is 6.92 Å². The quantitative estimate of drug-likeness (QED) is 0.829. The third-order valence-electron chi connectivity index (χ3n) is 3.57. The second-order valence-electron chi connectivity index (χ2n) is 4.75. The monoisotopic (exact) mass is 258 g/mol. The molecule has 0 heterocycles. The van der Waals surface area contributed by atoms with E-state index in [4.69, 9.17) is 4.74 Å². The Bertz CT molecular complexity index is 567. The van der Waals surface area contributed by atoms with Crippen molar-refractivity contribution in [3.63, 3.8) is 0 Å². The van der Waals surface area contributed by atoms with Crippen molar-refractivity contribution in [3.8, 4) is 5.75 Å². The molecule has 0 fully saturated rings. The predicted molar refractivity (Wildman–Crippen MR) is 73.9 cm³/mol. The van der Waals surface area contributed by atoms with Crippen molar-refractivity contribution in [2.75, 3.05) is 7.11 Å².